The van der Waals surface area contributed by atoms with E-state index in [1.807, 2.05) is 6.07 Å². The van der Waals surface area contributed by atoms with Crippen LogP contribution in [0.1, 0.15) is 10.5 Å². The van der Waals surface area contributed by atoms with E-state index in [1.54, 1.807) is 0 Å². The Morgan fingerprint density at radius 3 is 2.46 bits per heavy atom. The Kier molecular flexibility index (Phi) is 6.01. The van der Waals surface area contributed by atoms with E-state index in [0.717, 1.165) is 43.1 Å². The van der Waals surface area contributed by atoms with E-state index in [1.165, 1.54) is 10.9 Å². The molecule has 12 heteroatoms. The number of carbonyl (C=O) groups is 1. The van der Waals surface area contributed by atoms with Gasteiger partial charge in [0.1, 0.15) is 5.69 Å². The first-order chi connectivity index (χ1) is 13.1. The van der Waals surface area contributed by atoms with Crippen molar-refractivity contribution < 1.29 is 4.79 Å². The number of aromatic nitrogens is 2. The Labute approximate surface area is 179 Å². The van der Waals surface area contributed by atoms with Gasteiger partial charge in [0.25, 0.3) is 0 Å². The summed E-state index contributed by atoms with van der Waals surface area (Å²) in [7, 11) is 14.7. The first-order valence-corrected chi connectivity index (χ1v) is 10.7. The molecule has 2 aromatic heterocycles. The van der Waals surface area contributed by atoms with Crippen molar-refractivity contribution in [2.45, 2.75) is 22.5 Å². The topological polar surface area (TPSA) is 34.9 Å². The summed E-state index contributed by atoms with van der Waals surface area (Å²) in [5.74, 6) is 0. The maximum atomic E-state index is 11.7. The molecule has 0 bridgehead atoms. The van der Waals surface area contributed by atoms with E-state index in [2.05, 4.69) is 88.4 Å². The van der Waals surface area contributed by atoms with Gasteiger partial charge in [-0.3, -0.25) is 9.78 Å². The predicted molar refractivity (Wildman–Crippen MR) is 146 cm³/mol. The lowest BCUT2D eigenvalue weighted by atomic mass is 9.13. The SMILES string of the molecule is BC(B)C(B)(B)C(B)(B)Bc1nc(C=O)cc2c3ccccc3n(CBS)c12. The van der Waals surface area contributed by atoms with Gasteiger partial charge < -0.3 is 4.57 Å². The lowest BCUT2D eigenvalue weighted by Crippen LogP contribution is -2.45. The number of para-hydroxylation sites is 1. The first kappa shape index (κ1) is 21.4. The number of fused-ring (bicyclic) bond motifs is 3. The molecular formula is C16H24B8N2OS. The molecule has 0 aliphatic rings. The molecule has 0 atom stereocenters. The third kappa shape index (κ3) is 3.53. The molecule has 0 amide bonds. The summed E-state index contributed by atoms with van der Waals surface area (Å²) in [6.07, 6.45) is 1.69. The minimum atomic E-state index is 0.0187. The smallest absolute Gasteiger partial charge is 0.209 e. The molecule has 1 aromatic carbocycles. The Morgan fingerprint density at radius 2 is 1.86 bits per heavy atom. The maximum absolute atomic E-state index is 11.7. The van der Waals surface area contributed by atoms with Gasteiger partial charge in [-0.2, -0.15) is 0 Å². The number of rotatable bonds is 7. The zero-order chi connectivity index (χ0) is 20.7. The Balaban J connectivity index is 2.31. The first-order valence-electron chi connectivity index (χ1n) is 10.1. The number of aldehydes is 1. The van der Waals surface area contributed by atoms with Crippen LogP contribution in [-0.2, 0) is 6.44 Å². The van der Waals surface area contributed by atoms with Crippen LogP contribution in [0, 0.1) is 0 Å². The van der Waals surface area contributed by atoms with Crippen LogP contribution in [0.5, 0.6) is 0 Å². The normalized spacial score (nSPS) is 12.5. The summed E-state index contributed by atoms with van der Waals surface area (Å²) >= 11 is 4.49. The van der Waals surface area contributed by atoms with E-state index < -0.39 is 0 Å². The Hall–Kier alpha value is -1.29. The highest BCUT2D eigenvalue weighted by Crippen LogP contribution is 2.47. The summed E-state index contributed by atoms with van der Waals surface area (Å²) in [6, 6.07) is 10.3. The monoisotopic (exact) mass is 380 g/mol. The van der Waals surface area contributed by atoms with E-state index in [0.29, 0.717) is 11.4 Å². The molecule has 0 saturated heterocycles. The Bertz CT molecular complexity index is 1040. The number of benzene rings is 1. The van der Waals surface area contributed by atoms with Crippen LogP contribution < -0.4 is 5.59 Å². The molecule has 3 rings (SSSR count). The van der Waals surface area contributed by atoms with Gasteiger partial charge in [-0.05, 0) is 12.1 Å². The molecule has 2 heterocycles. The number of pyridine rings is 1. The van der Waals surface area contributed by atoms with Gasteiger partial charge in [0, 0.05) is 28.3 Å². The quantitative estimate of drug-likeness (QED) is 0.259. The fourth-order valence-electron chi connectivity index (χ4n) is 4.12. The fraction of sp³-hybridized carbons (Fsp3) is 0.250. The third-order valence-corrected chi connectivity index (χ3v) is 7.28. The second-order valence-electron chi connectivity index (χ2n) is 9.34. The van der Waals surface area contributed by atoms with Crippen LogP contribution >= 0.6 is 12.5 Å². The minimum Gasteiger partial charge on any atom is -0.347 e. The average Bonchev–Trinajstić information content (AvgIpc) is 2.96. The van der Waals surface area contributed by atoms with Gasteiger partial charge in [0.05, 0.1) is 52.6 Å². The van der Waals surface area contributed by atoms with Crippen LogP contribution in [0.2, 0.25) is 16.0 Å². The molecule has 3 nitrogen and oxygen atoms in total. The number of hydrogen-bond donors (Lipinski definition) is 1. The second-order valence-corrected chi connectivity index (χ2v) is 9.78. The maximum Gasteiger partial charge on any atom is 0.209 e. The van der Waals surface area contributed by atoms with Gasteiger partial charge in [-0.25, -0.2) is 12.5 Å². The minimum absolute atomic E-state index is 0.0187. The van der Waals surface area contributed by atoms with Crippen LogP contribution in [-0.4, -0.2) is 76.8 Å². The molecule has 0 aliphatic carbocycles. The molecule has 0 fully saturated rings. The standard InChI is InChI=1S/C16H24B8N2OS/c17-14(18)15(19,20)16(21,22)24-13-12-10(5-8(6-27)25-13)9-3-1-2-4-11(9)26(12)7-23-28/h1-6,14,23-24,28H,7,17-22H2. The van der Waals surface area contributed by atoms with Crippen molar-refractivity contribution in [3.8, 4) is 0 Å². The number of thiol groups is 1. The van der Waals surface area contributed by atoms with Gasteiger partial charge in [0.15, 0.2) is 13.6 Å². The van der Waals surface area contributed by atoms with Crippen LogP contribution in [0.15, 0.2) is 30.3 Å². The number of nitrogens with zero attached hydrogens (tertiary/aromatic N) is 2. The largest absolute Gasteiger partial charge is 0.347 e. The van der Waals surface area contributed by atoms with Crippen molar-refractivity contribution in [2.24, 2.45) is 0 Å². The Morgan fingerprint density at radius 1 is 1.18 bits per heavy atom. The van der Waals surface area contributed by atoms with Gasteiger partial charge in [0.2, 0.25) is 6.56 Å². The fourth-order valence-corrected chi connectivity index (χ4v) is 4.32. The number of carbonyl (C=O) groups excluding carboxylic acids is 1. The van der Waals surface area contributed by atoms with E-state index in [4.69, 9.17) is 4.98 Å². The summed E-state index contributed by atoms with van der Waals surface area (Å²) in [6.45, 7) is 0.753. The molecule has 3 aromatic rings. The molecule has 0 radical (unpaired) electrons. The van der Waals surface area contributed by atoms with Crippen molar-refractivity contribution >= 4 is 107 Å². The zero-order valence-corrected chi connectivity index (χ0v) is 18.8. The van der Waals surface area contributed by atoms with E-state index in [9.17, 15) is 4.79 Å². The predicted octanol–water partition coefficient (Wildman–Crippen LogP) is -3.96. The third-order valence-electron chi connectivity index (χ3n) is 7.08. The van der Waals surface area contributed by atoms with Crippen LogP contribution in [0.4, 0.5) is 0 Å². The van der Waals surface area contributed by atoms with Crippen molar-refractivity contribution in [3.63, 3.8) is 0 Å². The molecule has 0 N–H and O–H groups in total. The number of hydrogen-bond acceptors (Lipinski definition) is 3. The highest BCUT2D eigenvalue weighted by Gasteiger charge is 2.40. The van der Waals surface area contributed by atoms with E-state index >= 15 is 0 Å². The van der Waals surface area contributed by atoms with Gasteiger partial charge >= 0.3 is 0 Å². The average molecular weight is 379 g/mol. The lowest BCUT2D eigenvalue weighted by molar-refractivity contribution is 0.111. The van der Waals surface area contributed by atoms with Crippen molar-refractivity contribution in [2.75, 3.05) is 0 Å². The van der Waals surface area contributed by atoms with Gasteiger partial charge in [-0.1, -0.05) is 18.2 Å². The molecule has 0 spiro atoms. The van der Waals surface area contributed by atoms with Crippen molar-refractivity contribution in [1.29, 1.82) is 0 Å². The molecule has 0 aliphatic heterocycles. The summed E-state index contributed by atoms with van der Waals surface area (Å²) < 4.78 is 2.33. The van der Waals surface area contributed by atoms with Crippen LogP contribution in [0.25, 0.3) is 21.8 Å². The zero-order valence-electron chi connectivity index (χ0n) is 17.9. The van der Waals surface area contributed by atoms with Crippen molar-refractivity contribution in [3.05, 3.63) is 36.0 Å². The van der Waals surface area contributed by atoms with Crippen LogP contribution in [0.3, 0.4) is 0 Å². The highest BCUT2D eigenvalue weighted by molar-refractivity contribution is 8.06. The summed E-state index contributed by atoms with van der Waals surface area (Å²) in [5, 5.41) is 2.43. The summed E-state index contributed by atoms with van der Waals surface area (Å²) in [5.41, 5.74) is 4.38. The highest BCUT2D eigenvalue weighted by atomic mass is 32.1. The lowest BCUT2D eigenvalue weighted by Gasteiger charge is -2.46. The molecular weight excluding hydrogens is 355 g/mol. The molecule has 134 valence electrons. The molecule has 0 saturated carbocycles. The van der Waals surface area contributed by atoms with Crippen molar-refractivity contribution in [1.82, 2.24) is 9.55 Å². The molecule has 0 unspecified atom stereocenters. The van der Waals surface area contributed by atoms with E-state index in [-0.39, 0.29) is 10.3 Å². The molecule has 28 heavy (non-hydrogen) atoms. The summed E-state index contributed by atoms with van der Waals surface area (Å²) in [4.78, 5) is 16.5. The second kappa shape index (κ2) is 7.85. The van der Waals surface area contributed by atoms with Gasteiger partial charge in [-0.15, -0.1) is 16.0 Å².